The number of nitrogens with zero attached hydrogens (tertiary/aromatic N) is 1. The number of anilines is 1. The van der Waals surface area contributed by atoms with E-state index in [1.165, 1.54) is 31.4 Å². The number of halogens is 1. The smallest absolute Gasteiger partial charge is 0.312 e. The zero-order valence-electron chi connectivity index (χ0n) is 11.0. The van der Waals surface area contributed by atoms with Gasteiger partial charge in [-0.15, -0.1) is 0 Å². The van der Waals surface area contributed by atoms with Gasteiger partial charge in [-0.05, 0) is 30.3 Å². The van der Waals surface area contributed by atoms with E-state index >= 15 is 0 Å². The molecule has 0 aliphatic heterocycles. The summed E-state index contributed by atoms with van der Waals surface area (Å²) in [4.78, 5) is 22.4. The minimum Gasteiger partial charge on any atom is -0.490 e. The Labute approximate surface area is 125 Å². The maximum Gasteiger partial charge on any atom is 0.312 e. The van der Waals surface area contributed by atoms with Crippen LogP contribution in [-0.2, 0) is 0 Å². The van der Waals surface area contributed by atoms with Gasteiger partial charge in [0.15, 0.2) is 5.75 Å². The highest BCUT2D eigenvalue weighted by Crippen LogP contribution is 2.29. The monoisotopic (exact) mass is 306 g/mol. The predicted octanol–water partition coefficient (Wildman–Crippen LogP) is 3.51. The van der Waals surface area contributed by atoms with Crippen LogP contribution < -0.4 is 10.1 Å². The Hall–Kier alpha value is -2.60. The second kappa shape index (κ2) is 6.23. The topological polar surface area (TPSA) is 81.5 Å². The van der Waals surface area contributed by atoms with Crippen LogP contribution in [0.2, 0.25) is 5.02 Å². The van der Waals surface area contributed by atoms with Crippen molar-refractivity contribution in [2.24, 2.45) is 0 Å². The van der Waals surface area contributed by atoms with Crippen LogP contribution in [0, 0.1) is 10.1 Å². The van der Waals surface area contributed by atoms with Crippen LogP contribution in [0.4, 0.5) is 11.4 Å². The molecule has 0 unspecified atom stereocenters. The number of hydrogen-bond donors (Lipinski definition) is 1. The molecule has 7 heteroatoms. The summed E-state index contributed by atoms with van der Waals surface area (Å²) in [5.41, 5.74) is 0.440. The first-order chi connectivity index (χ1) is 10.0. The fraction of sp³-hybridized carbons (Fsp3) is 0.0714. The van der Waals surface area contributed by atoms with Gasteiger partial charge in [0.25, 0.3) is 5.91 Å². The van der Waals surface area contributed by atoms with Gasteiger partial charge in [-0.1, -0.05) is 17.7 Å². The number of rotatable bonds is 4. The van der Waals surface area contributed by atoms with Crippen molar-refractivity contribution < 1.29 is 14.5 Å². The number of carbonyl (C=O) groups is 1. The fourth-order valence-corrected chi connectivity index (χ4v) is 1.93. The van der Waals surface area contributed by atoms with E-state index in [-0.39, 0.29) is 11.4 Å². The van der Waals surface area contributed by atoms with Gasteiger partial charge < -0.3 is 10.1 Å². The van der Waals surface area contributed by atoms with Crippen LogP contribution in [0.5, 0.6) is 5.75 Å². The van der Waals surface area contributed by atoms with E-state index in [0.717, 1.165) is 0 Å². The van der Waals surface area contributed by atoms with Crippen LogP contribution in [0.15, 0.2) is 42.5 Å². The van der Waals surface area contributed by atoms with Gasteiger partial charge >= 0.3 is 5.69 Å². The first-order valence-corrected chi connectivity index (χ1v) is 6.28. The molecule has 108 valence electrons. The highest BCUT2D eigenvalue weighted by molar-refractivity contribution is 6.31. The summed E-state index contributed by atoms with van der Waals surface area (Å²) < 4.78 is 4.90. The van der Waals surface area contributed by atoms with Gasteiger partial charge in [0, 0.05) is 22.3 Å². The summed E-state index contributed by atoms with van der Waals surface area (Å²) in [5.74, 6) is -0.280. The lowest BCUT2D eigenvalue weighted by molar-refractivity contribution is -0.385. The number of benzene rings is 2. The molecule has 0 radical (unpaired) electrons. The van der Waals surface area contributed by atoms with E-state index in [4.69, 9.17) is 16.3 Å². The van der Waals surface area contributed by atoms with Gasteiger partial charge in [0.1, 0.15) is 0 Å². The van der Waals surface area contributed by atoms with E-state index in [2.05, 4.69) is 5.32 Å². The van der Waals surface area contributed by atoms with Crippen molar-refractivity contribution in [3.63, 3.8) is 0 Å². The molecule has 6 nitrogen and oxygen atoms in total. The Morgan fingerprint density at radius 2 is 2.05 bits per heavy atom. The molecule has 0 heterocycles. The Morgan fingerprint density at radius 3 is 2.67 bits per heavy atom. The summed E-state index contributed by atoms with van der Waals surface area (Å²) in [7, 11) is 1.34. The molecule has 21 heavy (non-hydrogen) atoms. The number of nitro groups is 1. The lowest BCUT2D eigenvalue weighted by atomic mass is 10.2. The van der Waals surface area contributed by atoms with E-state index in [1.54, 1.807) is 18.2 Å². The molecule has 0 aliphatic rings. The number of hydrogen-bond acceptors (Lipinski definition) is 4. The zero-order chi connectivity index (χ0) is 15.4. The minimum atomic E-state index is -0.576. The molecule has 2 aromatic carbocycles. The summed E-state index contributed by atoms with van der Waals surface area (Å²) in [6, 6.07) is 10.6. The molecule has 0 spiro atoms. The van der Waals surface area contributed by atoms with Gasteiger partial charge in [-0.25, -0.2) is 0 Å². The number of nitrogens with one attached hydrogen (secondary N) is 1. The van der Waals surface area contributed by atoms with Gasteiger partial charge in [0.05, 0.1) is 12.0 Å². The standard InChI is InChI=1S/C14H11ClN2O4/c1-21-13-6-5-11(8-12(13)17(19)20)16-14(18)9-3-2-4-10(15)7-9/h2-8H,1H3,(H,16,18). The third kappa shape index (κ3) is 3.49. The number of nitro benzene ring substituents is 1. The van der Waals surface area contributed by atoms with Gasteiger partial charge in [-0.3, -0.25) is 14.9 Å². The maximum absolute atomic E-state index is 12.0. The molecule has 0 fully saturated rings. The molecule has 1 N–H and O–H groups in total. The molecule has 0 bridgehead atoms. The highest BCUT2D eigenvalue weighted by Gasteiger charge is 2.16. The molecule has 1 amide bonds. The van der Waals surface area contributed by atoms with Crippen molar-refractivity contribution in [2.75, 3.05) is 12.4 Å². The van der Waals surface area contributed by atoms with E-state index in [9.17, 15) is 14.9 Å². The van der Waals surface area contributed by atoms with Crippen molar-refractivity contribution in [1.29, 1.82) is 0 Å². The third-order valence-corrected chi connectivity index (χ3v) is 2.96. The lowest BCUT2D eigenvalue weighted by Crippen LogP contribution is -2.12. The average molecular weight is 307 g/mol. The van der Waals surface area contributed by atoms with Crippen LogP contribution in [0.1, 0.15) is 10.4 Å². The maximum atomic E-state index is 12.0. The summed E-state index contributed by atoms with van der Waals surface area (Å²) in [6.45, 7) is 0. The third-order valence-electron chi connectivity index (χ3n) is 2.72. The molecule has 0 saturated heterocycles. The van der Waals surface area contributed by atoms with Crippen molar-refractivity contribution in [3.05, 3.63) is 63.2 Å². The fourth-order valence-electron chi connectivity index (χ4n) is 1.74. The van der Waals surface area contributed by atoms with Crippen molar-refractivity contribution in [1.82, 2.24) is 0 Å². The van der Waals surface area contributed by atoms with Crippen LogP contribution in [-0.4, -0.2) is 17.9 Å². The second-order valence-electron chi connectivity index (χ2n) is 4.11. The Kier molecular flexibility index (Phi) is 4.39. The van der Waals surface area contributed by atoms with E-state index in [0.29, 0.717) is 16.3 Å². The Balaban J connectivity index is 2.25. The molecule has 0 aliphatic carbocycles. The van der Waals surface area contributed by atoms with Crippen molar-refractivity contribution in [2.45, 2.75) is 0 Å². The van der Waals surface area contributed by atoms with Gasteiger partial charge in [-0.2, -0.15) is 0 Å². The number of amides is 1. The van der Waals surface area contributed by atoms with E-state index < -0.39 is 10.8 Å². The average Bonchev–Trinajstić information content (AvgIpc) is 2.47. The van der Waals surface area contributed by atoms with Crippen LogP contribution in [0.3, 0.4) is 0 Å². The minimum absolute atomic E-state index is 0.126. The zero-order valence-corrected chi connectivity index (χ0v) is 11.8. The van der Waals surface area contributed by atoms with Crippen LogP contribution in [0.25, 0.3) is 0 Å². The SMILES string of the molecule is COc1ccc(NC(=O)c2cccc(Cl)c2)cc1[N+](=O)[O-]. The van der Waals surface area contributed by atoms with Gasteiger partial charge in [0.2, 0.25) is 0 Å². The number of methoxy groups -OCH3 is 1. The molecule has 0 saturated carbocycles. The Bertz CT molecular complexity index is 703. The largest absolute Gasteiger partial charge is 0.490 e. The molecule has 0 aromatic heterocycles. The number of carbonyl (C=O) groups excluding carboxylic acids is 1. The second-order valence-corrected chi connectivity index (χ2v) is 4.54. The van der Waals surface area contributed by atoms with E-state index in [1.807, 2.05) is 0 Å². The van der Waals surface area contributed by atoms with Crippen LogP contribution >= 0.6 is 11.6 Å². The Morgan fingerprint density at radius 1 is 1.29 bits per heavy atom. The molecule has 0 atom stereocenters. The summed E-state index contributed by atoms with van der Waals surface area (Å²) >= 11 is 5.81. The lowest BCUT2D eigenvalue weighted by Gasteiger charge is -2.07. The van der Waals surface area contributed by atoms with Crippen molar-refractivity contribution >= 4 is 28.9 Å². The summed E-state index contributed by atoms with van der Waals surface area (Å²) in [6.07, 6.45) is 0. The first kappa shape index (κ1) is 14.8. The quantitative estimate of drug-likeness (QED) is 0.692. The molecule has 2 rings (SSSR count). The molecular formula is C14H11ClN2O4. The number of ether oxygens (including phenoxy) is 1. The highest BCUT2D eigenvalue weighted by atomic mass is 35.5. The molecule has 2 aromatic rings. The normalized spacial score (nSPS) is 10.0. The predicted molar refractivity (Wildman–Crippen MR) is 79.1 cm³/mol. The molecular weight excluding hydrogens is 296 g/mol. The summed E-state index contributed by atoms with van der Waals surface area (Å²) in [5, 5.41) is 13.9. The first-order valence-electron chi connectivity index (χ1n) is 5.90. The van der Waals surface area contributed by atoms with Crippen molar-refractivity contribution in [3.8, 4) is 5.75 Å².